The first-order chi connectivity index (χ1) is 15.2. The van der Waals surface area contributed by atoms with Gasteiger partial charge in [0.25, 0.3) is 0 Å². The number of nitrogens with one attached hydrogen (secondary N) is 3. The van der Waals surface area contributed by atoms with Crippen molar-refractivity contribution in [3.8, 4) is 0 Å². The van der Waals surface area contributed by atoms with Crippen molar-refractivity contribution < 1.29 is 4.79 Å². The fourth-order valence-corrected chi connectivity index (χ4v) is 7.19. The quantitative estimate of drug-likeness (QED) is 0.508. The van der Waals surface area contributed by atoms with E-state index in [2.05, 4.69) is 58.6 Å². The standard InChI is InChI=1S/C26H35N3OS/c1-18-16-17-31-24(18)26(28-21-14-8-9-15-22(21)29-26)23(19-10-4-2-5-11-19)25(30)27-20-12-6-3-7-13-20/h8-9,14-17,19-20,23,28-29H,2-7,10-13H2,1H3,(H,27,30). The van der Waals surface area contributed by atoms with E-state index in [-0.39, 0.29) is 11.8 Å². The number of carbonyl (C=O) groups excluding carboxylic acids is 1. The maximum atomic E-state index is 14.1. The molecule has 1 aromatic heterocycles. The van der Waals surface area contributed by atoms with Crippen molar-refractivity contribution in [1.82, 2.24) is 5.32 Å². The van der Waals surface area contributed by atoms with Crippen LogP contribution in [0.15, 0.2) is 35.7 Å². The predicted octanol–water partition coefficient (Wildman–Crippen LogP) is 6.39. The summed E-state index contributed by atoms with van der Waals surface area (Å²) in [6, 6.07) is 10.9. The molecule has 2 fully saturated rings. The summed E-state index contributed by atoms with van der Waals surface area (Å²) in [6.45, 7) is 2.18. The Morgan fingerprint density at radius 2 is 1.58 bits per heavy atom. The molecule has 2 saturated carbocycles. The van der Waals surface area contributed by atoms with Crippen LogP contribution in [0.4, 0.5) is 11.4 Å². The molecule has 0 bridgehead atoms. The van der Waals surface area contributed by atoms with Crippen LogP contribution in [-0.4, -0.2) is 11.9 Å². The highest BCUT2D eigenvalue weighted by Crippen LogP contribution is 2.50. The van der Waals surface area contributed by atoms with E-state index in [0.29, 0.717) is 12.0 Å². The van der Waals surface area contributed by atoms with Crippen LogP contribution in [0, 0.1) is 18.8 Å². The van der Waals surface area contributed by atoms with Gasteiger partial charge in [0.15, 0.2) is 5.66 Å². The van der Waals surface area contributed by atoms with Crippen LogP contribution in [0.1, 0.15) is 74.6 Å². The Morgan fingerprint density at radius 1 is 0.968 bits per heavy atom. The van der Waals surface area contributed by atoms with Gasteiger partial charge in [-0.25, -0.2) is 0 Å². The van der Waals surface area contributed by atoms with Gasteiger partial charge >= 0.3 is 0 Å². The number of anilines is 2. The number of benzene rings is 1. The van der Waals surface area contributed by atoms with Crippen molar-refractivity contribution in [3.63, 3.8) is 0 Å². The minimum atomic E-state index is -0.581. The highest BCUT2D eigenvalue weighted by atomic mass is 32.1. The van der Waals surface area contributed by atoms with Gasteiger partial charge in [0.1, 0.15) is 0 Å². The Kier molecular flexibility index (Phi) is 5.96. The van der Waals surface area contributed by atoms with Crippen molar-refractivity contribution in [3.05, 3.63) is 46.2 Å². The first kappa shape index (κ1) is 20.9. The summed E-state index contributed by atoms with van der Waals surface area (Å²) < 4.78 is 0. The van der Waals surface area contributed by atoms with E-state index >= 15 is 0 Å². The van der Waals surface area contributed by atoms with E-state index in [1.165, 1.54) is 49.0 Å². The summed E-state index contributed by atoms with van der Waals surface area (Å²) in [4.78, 5) is 15.3. The van der Waals surface area contributed by atoms with E-state index in [0.717, 1.165) is 37.1 Å². The normalized spacial score (nSPS) is 22.2. The molecule has 1 atom stereocenters. The second-order valence-electron chi connectivity index (χ2n) is 9.76. The summed E-state index contributed by atoms with van der Waals surface area (Å²) in [6.07, 6.45) is 12.0. The zero-order chi connectivity index (χ0) is 21.3. The van der Waals surface area contributed by atoms with Gasteiger partial charge in [-0.05, 0) is 67.7 Å². The third-order valence-corrected chi connectivity index (χ3v) is 8.78. The fraction of sp³-hybridized carbons (Fsp3) is 0.577. The molecule has 2 aromatic rings. The Morgan fingerprint density at radius 3 is 2.16 bits per heavy atom. The third-order valence-electron chi connectivity index (χ3n) is 7.63. The van der Waals surface area contributed by atoms with Crippen molar-refractivity contribution in [2.45, 2.75) is 82.8 Å². The van der Waals surface area contributed by atoms with Gasteiger partial charge in [-0.15, -0.1) is 11.3 Å². The molecule has 3 N–H and O–H groups in total. The number of carbonyl (C=O) groups is 1. The van der Waals surface area contributed by atoms with Crippen LogP contribution in [0.3, 0.4) is 0 Å². The molecule has 2 heterocycles. The molecule has 1 aliphatic heterocycles. The molecule has 4 nitrogen and oxygen atoms in total. The van der Waals surface area contributed by atoms with Crippen LogP contribution >= 0.6 is 11.3 Å². The van der Waals surface area contributed by atoms with Crippen LogP contribution in [0.2, 0.25) is 0 Å². The number of rotatable bonds is 5. The number of thiophene rings is 1. The van der Waals surface area contributed by atoms with E-state index in [1.807, 2.05) is 0 Å². The van der Waals surface area contributed by atoms with Crippen molar-refractivity contribution in [2.24, 2.45) is 11.8 Å². The van der Waals surface area contributed by atoms with Crippen LogP contribution < -0.4 is 16.0 Å². The van der Waals surface area contributed by atoms with Crippen LogP contribution in [0.5, 0.6) is 0 Å². The van der Waals surface area contributed by atoms with Gasteiger partial charge in [-0.3, -0.25) is 4.79 Å². The molecule has 0 saturated heterocycles. The van der Waals surface area contributed by atoms with Crippen molar-refractivity contribution >= 4 is 28.6 Å². The number of amides is 1. The Labute approximate surface area is 190 Å². The molecule has 3 aliphatic rings. The lowest BCUT2D eigenvalue weighted by Crippen LogP contribution is -2.56. The molecular weight excluding hydrogens is 402 g/mol. The summed E-state index contributed by atoms with van der Waals surface area (Å²) >= 11 is 1.77. The van der Waals surface area contributed by atoms with Crippen molar-refractivity contribution in [2.75, 3.05) is 10.6 Å². The summed E-state index contributed by atoms with van der Waals surface area (Å²) in [7, 11) is 0. The molecule has 1 unspecified atom stereocenters. The lowest BCUT2D eigenvalue weighted by Gasteiger charge is -2.43. The summed E-state index contributed by atoms with van der Waals surface area (Å²) in [5, 5.41) is 13.4. The van der Waals surface area contributed by atoms with Crippen LogP contribution in [0.25, 0.3) is 0 Å². The number of fused-ring (bicyclic) bond motifs is 1. The molecular formula is C26H35N3OS. The monoisotopic (exact) mass is 437 g/mol. The zero-order valence-electron chi connectivity index (χ0n) is 18.6. The molecule has 0 radical (unpaired) electrons. The Balaban J connectivity index is 1.55. The molecule has 1 aromatic carbocycles. The third kappa shape index (κ3) is 3.97. The summed E-state index contributed by atoms with van der Waals surface area (Å²) in [5.41, 5.74) is 2.87. The zero-order valence-corrected chi connectivity index (χ0v) is 19.4. The molecule has 1 amide bonds. The number of aryl methyl sites for hydroxylation is 1. The fourth-order valence-electron chi connectivity index (χ4n) is 6.11. The maximum absolute atomic E-state index is 14.1. The summed E-state index contributed by atoms with van der Waals surface area (Å²) in [5.74, 6) is 0.479. The highest BCUT2D eigenvalue weighted by molar-refractivity contribution is 7.10. The second kappa shape index (κ2) is 8.85. The molecule has 5 heteroatoms. The maximum Gasteiger partial charge on any atom is 0.228 e. The highest BCUT2D eigenvalue weighted by Gasteiger charge is 2.53. The minimum Gasteiger partial charge on any atom is -0.356 e. The smallest absolute Gasteiger partial charge is 0.228 e. The minimum absolute atomic E-state index is 0.139. The Hall–Kier alpha value is -2.01. The molecule has 31 heavy (non-hydrogen) atoms. The molecule has 0 spiro atoms. The molecule has 2 aliphatic carbocycles. The predicted molar refractivity (Wildman–Crippen MR) is 130 cm³/mol. The van der Waals surface area contributed by atoms with Gasteiger partial charge in [-0.2, -0.15) is 0 Å². The second-order valence-corrected chi connectivity index (χ2v) is 10.7. The van der Waals surface area contributed by atoms with Gasteiger partial charge in [-0.1, -0.05) is 50.7 Å². The first-order valence-electron chi connectivity index (χ1n) is 12.2. The number of hydrogen-bond acceptors (Lipinski definition) is 4. The average Bonchev–Trinajstić information content (AvgIpc) is 3.39. The van der Waals surface area contributed by atoms with E-state index in [4.69, 9.17) is 0 Å². The topological polar surface area (TPSA) is 53.2 Å². The lowest BCUT2D eigenvalue weighted by molar-refractivity contribution is -0.130. The lowest BCUT2D eigenvalue weighted by atomic mass is 9.72. The first-order valence-corrected chi connectivity index (χ1v) is 13.1. The number of hydrogen-bond donors (Lipinski definition) is 3. The van der Waals surface area contributed by atoms with Gasteiger partial charge in [0.2, 0.25) is 5.91 Å². The van der Waals surface area contributed by atoms with E-state index in [1.54, 1.807) is 11.3 Å². The number of para-hydroxylation sites is 2. The average molecular weight is 438 g/mol. The SMILES string of the molecule is Cc1ccsc1C1(C(C(=O)NC2CCCCC2)C2CCCCC2)Nc2ccccc2N1. The largest absolute Gasteiger partial charge is 0.356 e. The van der Waals surface area contributed by atoms with Crippen molar-refractivity contribution in [1.29, 1.82) is 0 Å². The van der Waals surface area contributed by atoms with E-state index < -0.39 is 5.66 Å². The molecule has 166 valence electrons. The van der Waals surface area contributed by atoms with Gasteiger partial charge in [0.05, 0.1) is 22.2 Å². The van der Waals surface area contributed by atoms with Gasteiger partial charge < -0.3 is 16.0 Å². The van der Waals surface area contributed by atoms with Gasteiger partial charge in [0, 0.05) is 6.04 Å². The van der Waals surface area contributed by atoms with Crippen LogP contribution in [-0.2, 0) is 10.5 Å². The Bertz CT molecular complexity index is 886. The molecule has 5 rings (SSSR count). The van der Waals surface area contributed by atoms with E-state index in [9.17, 15) is 4.79 Å².